The molecule has 1 N–H and O–H groups in total. The zero-order valence-electron chi connectivity index (χ0n) is 10.7. The van der Waals surface area contributed by atoms with E-state index in [2.05, 4.69) is 13.0 Å². The van der Waals surface area contributed by atoms with Crippen LogP contribution in [0.3, 0.4) is 0 Å². The standard InChI is InChI=1S/C14H23NO2/c1-11-4-2-6-14(8-11,10-15)13(16)12-5-3-7-17-9-12/h11-13,16H,2-9H2,1H3. The van der Waals surface area contributed by atoms with Crippen molar-refractivity contribution in [3.8, 4) is 6.07 Å². The summed E-state index contributed by atoms with van der Waals surface area (Å²) in [4.78, 5) is 0. The van der Waals surface area contributed by atoms with Crippen LogP contribution in [0.25, 0.3) is 0 Å². The first kappa shape index (κ1) is 12.9. The first-order valence-electron chi connectivity index (χ1n) is 6.85. The molecule has 0 bridgehead atoms. The molecule has 2 fully saturated rings. The average Bonchev–Trinajstić information content (AvgIpc) is 2.38. The van der Waals surface area contributed by atoms with E-state index in [0.717, 1.165) is 38.7 Å². The van der Waals surface area contributed by atoms with Gasteiger partial charge in [0.2, 0.25) is 0 Å². The summed E-state index contributed by atoms with van der Waals surface area (Å²) >= 11 is 0. The van der Waals surface area contributed by atoms with E-state index < -0.39 is 11.5 Å². The Kier molecular flexibility index (Phi) is 4.06. The number of nitrogens with zero attached hydrogens (tertiary/aromatic N) is 1. The summed E-state index contributed by atoms with van der Waals surface area (Å²) in [5.74, 6) is 0.719. The second-order valence-corrected chi connectivity index (χ2v) is 5.89. The first-order valence-corrected chi connectivity index (χ1v) is 6.85. The summed E-state index contributed by atoms with van der Waals surface area (Å²) in [6.45, 7) is 3.62. The number of hydrogen-bond donors (Lipinski definition) is 1. The molecule has 1 aliphatic heterocycles. The number of nitriles is 1. The van der Waals surface area contributed by atoms with Gasteiger partial charge >= 0.3 is 0 Å². The molecule has 0 aromatic carbocycles. The summed E-state index contributed by atoms with van der Waals surface area (Å²) in [5, 5.41) is 20.1. The molecule has 1 aliphatic carbocycles. The van der Waals surface area contributed by atoms with Crippen LogP contribution in [0.15, 0.2) is 0 Å². The van der Waals surface area contributed by atoms with Gasteiger partial charge < -0.3 is 9.84 Å². The predicted octanol–water partition coefficient (Wildman–Crippen LogP) is 2.49. The Morgan fingerprint density at radius 2 is 2.24 bits per heavy atom. The van der Waals surface area contributed by atoms with Crippen molar-refractivity contribution in [3.63, 3.8) is 0 Å². The van der Waals surface area contributed by atoms with Gasteiger partial charge in [-0.1, -0.05) is 19.8 Å². The smallest absolute Gasteiger partial charge is 0.0838 e. The molecule has 4 atom stereocenters. The first-order chi connectivity index (χ1) is 8.18. The quantitative estimate of drug-likeness (QED) is 0.802. The molecule has 1 heterocycles. The van der Waals surface area contributed by atoms with Crippen LogP contribution >= 0.6 is 0 Å². The molecule has 2 aliphatic rings. The van der Waals surface area contributed by atoms with Crippen LogP contribution in [0.4, 0.5) is 0 Å². The lowest BCUT2D eigenvalue weighted by Gasteiger charge is -2.42. The summed E-state index contributed by atoms with van der Waals surface area (Å²) in [6.07, 6.45) is 5.47. The second kappa shape index (κ2) is 5.37. The number of aliphatic hydroxyl groups excluding tert-OH is 1. The fourth-order valence-electron chi connectivity index (χ4n) is 3.49. The van der Waals surface area contributed by atoms with Crippen LogP contribution in [0, 0.1) is 28.6 Å². The molecule has 2 rings (SSSR count). The largest absolute Gasteiger partial charge is 0.391 e. The summed E-state index contributed by atoms with van der Waals surface area (Å²) in [5.41, 5.74) is -0.511. The maximum atomic E-state index is 10.6. The minimum Gasteiger partial charge on any atom is -0.391 e. The average molecular weight is 237 g/mol. The Morgan fingerprint density at radius 1 is 1.41 bits per heavy atom. The number of aliphatic hydroxyl groups is 1. The van der Waals surface area contributed by atoms with Crippen molar-refractivity contribution >= 4 is 0 Å². The third-order valence-electron chi connectivity index (χ3n) is 4.46. The number of rotatable bonds is 2. The van der Waals surface area contributed by atoms with Crippen molar-refractivity contribution in [1.82, 2.24) is 0 Å². The Balaban J connectivity index is 2.08. The monoisotopic (exact) mass is 237 g/mol. The Bertz CT molecular complexity index is 293. The highest BCUT2D eigenvalue weighted by atomic mass is 16.5. The molecule has 0 aromatic heterocycles. The van der Waals surface area contributed by atoms with E-state index in [1.54, 1.807) is 0 Å². The van der Waals surface area contributed by atoms with Gasteiger partial charge in [0.15, 0.2) is 0 Å². The maximum absolute atomic E-state index is 10.6. The Labute approximate surface area is 104 Å². The minimum absolute atomic E-state index is 0.161. The van der Waals surface area contributed by atoms with Gasteiger partial charge in [-0.15, -0.1) is 0 Å². The number of ether oxygens (including phenoxy) is 1. The Morgan fingerprint density at radius 3 is 2.82 bits per heavy atom. The minimum atomic E-state index is -0.511. The lowest BCUT2D eigenvalue weighted by atomic mass is 9.64. The molecular weight excluding hydrogens is 214 g/mol. The molecule has 1 saturated heterocycles. The Hall–Kier alpha value is -0.590. The summed E-state index contributed by atoms with van der Waals surface area (Å²) in [6, 6.07) is 2.44. The van der Waals surface area contributed by atoms with Crippen molar-refractivity contribution < 1.29 is 9.84 Å². The van der Waals surface area contributed by atoms with Crippen LogP contribution in [-0.2, 0) is 4.74 Å². The third kappa shape index (κ3) is 2.64. The molecule has 17 heavy (non-hydrogen) atoms. The fourth-order valence-corrected chi connectivity index (χ4v) is 3.49. The van der Waals surface area contributed by atoms with Crippen LogP contribution in [-0.4, -0.2) is 24.4 Å². The van der Waals surface area contributed by atoms with Crippen molar-refractivity contribution in [2.75, 3.05) is 13.2 Å². The number of hydrogen-bond acceptors (Lipinski definition) is 3. The van der Waals surface area contributed by atoms with E-state index in [4.69, 9.17) is 4.74 Å². The normalized spacial score (nSPS) is 40.5. The van der Waals surface area contributed by atoms with E-state index in [9.17, 15) is 10.4 Å². The van der Waals surface area contributed by atoms with Gasteiger partial charge in [0.1, 0.15) is 0 Å². The molecule has 0 aromatic rings. The van der Waals surface area contributed by atoms with Crippen LogP contribution in [0.1, 0.15) is 45.4 Å². The molecule has 0 amide bonds. The van der Waals surface area contributed by atoms with Crippen molar-refractivity contribution in [1.29, 1.82) is 5.26 Å². The van der Waals surface area contributed by atoms with Gasteiger partial charge in [-0.2, -0.15) is 5.26 Å². The summed E-state index contributed by atoms with van der Waals surface area (Å²) in [7, 11) is 0. The van der Waals surface area contributed by atoms with E-state index in [0.29, 0.717) is 12.5 Å². The molecule has 96 valence electrons. The lowest BCUT2D eigenvalue weighted by Crippen LogP contribution is -2.45. The molecule has 0 spiro atoms. The van der Waals surface area contributed by atoms with Crippen LogP contribution in [0.5, 0.6) is 0 Å². The van der Waals surface area contributed by atoms with Gasteiger partial charge in [0, 0.05) is 12.5 Å². The van der Waals surface area contributed by atoms with Crippen LogP contribution < -0.4 is 0 Å². The molecule has 3 nitrogen and oxygen atoms in total. The molecule has 1 saturated carbocycles. The van der Waals surface area contributed by atoms with Gasteiger partial charge in [0.05, 0.1) is 24.2 Å². The molecule has 4 unspecified atom stereocenters. The highest BCUT2D eigenvalue weighted by Crippen LogP contribution is 2.44. The van der Waals surface area contributed by atoms with E-state index in [1.807, 2.05) is 0 Å². The predicted molar refractivity (Wildman–Crippen MR) is 65.2 cm³/mol. The van der Waals surface area contributed by atoms with Crippen molar-refractivity contribution in [2.45, 2.75) is 51.6 Å². The third-order valence-corrected chi connectivity index (χ3v) is 4.46. The molecule has 0 radical (unpaired) electrons. The van der Waals surface area contributed by atoms with Gasteiger partial charge in [-0.25, -0.2) is 0 Å². The summed E-state index contributed by atoms with van der Waals surface area (Å²) < 4.78 is 5.44. The maximum Gasteiger partial charge on any atom is 0.0838 e. The highest BCUT2D eigenvalue weighted by Gasteiger charge is 2.45. The molecular formula is C14H23NO2. The highest BCUT2D eigenvalue weighted by molar-refractivity contribution is 5.07. The van der Waals surface area contributed by atoms with Gasteiger partial charge in [-0.3, -0.25) is 0 Å². The zero-order chi connectivity index (χ0) is 12.3. The van der Waals surface area contributed by atoms with Crippen molar-refractivity contribution in [2.24, 2.45) is 17.3 Å². The van der Waals surface area contributed by atoms with Crippen molar-refractivity contribution in [3.05, 3.63) is 0 Å². The lowest BCUT2D eigenvalue weighted by molar-refractivity contribution is -0.0677. The SMILES string of the molecule is CC1CCCC(C#N)(C(O)C2CCCOC2)C1. The van der Waals surface area contributed by atoms with E-state index in [-0.39, 0.29) is 5.92 Å². The molecule has 3 heteroatoms. The fraction of sp³-hybridized carbons (Fsp3) is 0.929. The van der Waals surface area contributed by atoms with E-state index in [1.165, 1.54) is 6.42 Å². The van der Waals surface area contributed by atoms with Gasteiger partial charge in [0.25, 0.3) is 0 Å². The zero-order valence-corrected chi connectivity index (χ0v) is 10.7. The van der Waals surface area contributed by atoms with Crippen LogP contribution in [0.2, 0.25) is 0 Å². The second-order valence-electron chi connectivity index (χ2n) is 5.89. The van der Waals surface area contributed by atoms with E-state index >= 15 is 0 Å². The topological polar surface area (TPSA) is 53.2 Å². The van der Waals surface area contributed by atoms with Gasteiger partial charge in [-0.05, 0) is 31.6 Å².